The van der Waals surface area contributed by atoms with Crippen LogP contribution >= 0.6 is 0 Å². The Morgan fingerprint density at radius 2 is 1.82 bits per heavy atom. The van der Waals surface area contributed by atoms with Crippen molar-refractivity contribution in [2.45, 2.75) is 44.5 Å². The average molecular weight is 248 g/mol. The Bertz CT molecular complexity index is 272. The minimum absolute atomic E-state index is 0.447. The summed E-state index contributed by atoms with van der Waals surface area (Å²) in [7, 11) is 0. The minimum Gasteiger partial charge on any atom is -0.394 e. The number of hydrogen-bond acceptors (Lipinski definition) is 6. The van der Waals surface area contributed by atoms with Gasteiger partial charge in [0.25, 0.3) is 0 Å². The molecule has 1 saturated heterocycles. The van der Waals surface area contributed by atoms with Gasteiger partial charge in [-0.2, -0.15) is 0 Å². The fourth-order valence-electron chi connectivity index (χ4n) is 1.55. The number of hydrogen-bond donors (Lipinski definition) is 5. The van der Waals surface area contributed by atoms with Gasteiger partial charge in [-0.3, -0.25) is 4.79 Å². The molecule has 1 fully saturated rings. The lowest BCUT2D eigenvalue weighted by atomic mass is 9.96. The predicted octanol–water partition coefficient (Wildman–Crippen LogP) is -2.48. The van der Waals surface area contributed by atoms with E-state index >= 15 is 0 Å². The molecule has 1 heterocycles. The number of amides is 1. The van der Waals surface area contributed by atoms with E-state index in [9.17, 15) is 20.1 Å². The first kappa shape index (κ1) is 14.3. The SMILES string of the molecule is C[C](C)C(=O)NC1C(O)OC(CO)C(O)C1O. The standard InChI is InChI=1S/C10H18NO6/c1-4(2)9(15)11-6-8(14)7(13)5(3-12)17-10(6)16/h5-8,10,12-14,16H,3H2,1-2H3,(H,11,15). The van der Waals surface area contributed by atoms with E-state index in [2.05, 4.69) is 5.32 Å². The van der Waals surface area contributed by atoms with Gasteiger partial charge in [0, 0.05) is 0 Å². The number of aliphatic hydroxyl groups is 4. The largest absolute Gasteiger partial charge is 0.394 e. The maximum Gasteiger partial charge on any atom is 0.227 e. The van der Waals surface area contributed by atoms with Crippen molar-refractivity contribution in [1.82, 2.24) is 5.32 Å². The maximum absolute atomic E-state index is 11.4. The number of ether oxygens (including phenoxy) is 1. The summed E-state index contributed by atoms with van der Waals surface area (Å²) in [5, 5.41) is 40.1. The van der Waals surface area contributed by atoms with E-state index in [4.69, 9.17) is 9.84 Å². The molecule has 1 aliphatic rings. The van der Waals surface area contributed by atoms with Crippen molar-refractivity contribution in [1.29, 1.82) is 0 Å². The molecule has 17 heavy (non-hydrogen) atoms. The summed E-state index contributed by atoms with van der Waals surface area (Å²) in [6.07, 6.45) is -5.32. The topological polar surface area (TPSA) is 119 Å². The van der Waals surface area contributed by atoms with Gasteiger partial charge in [0.15, 0.2) is 6.29 Å². The average Bonchev–Trinajstić information content (AvgIpc) is 2.28. The van der Waals surface area contributed by atoms with E-state index in [-0.39, 0.29) is 0 Å². The third-order valence-electron chi connectivity index (χ3n) is 2.65. The Labute approximate surface area is 99.0 Å². The lowest BCUT2D eigenvalue weighted by Gasteiger charge is -2.40. The van der Waals surface area contributed by atoms with Crippen LogP contribution in [0.4, 0.5) is 0 Å². The van der Waals surface area contributed by atoms with Gasteiger partial charge in [0.05, 0.1) is 12.5 Å². The number of carbonyl (C=O) groups is 1. The highest BCUT2D eigenvalue weighted by atomic mass is 16.6. The summed E-state index contributed by atoms with van der Waals surface area (Å²) in [5.74, 6) is -0.00507. The van der Waals surface area contributed by atoms with Crippen LogP contribution in [0, 0.1) is 5.92 Å². The van der Waals surface area contributed by atoms with E-state index in [0.29, 0.717) is 5.92 Å². The second kappa shape index (κ2) is 5.74. The van der Waals surface area contributed by atoms with Crippen molar-refractivity contribution >= 4 is 5.91 Å². The molecule has 1 radical (unpaired) electrons. The normalized spacial score (nSPS) is 38.2. The summed E-state index contributed by atoms with van der Waals surface area (Å²) in [6.45, 7) is 2.62. The van der Waals surface area contributed by atoms with Crippen molar-refractivity contribution in [3.63, 3.8) is 0 Å². The molecule has 1 aliphatic heterocycles. The number of nitrogens with one attached hydrogen (secondary N) is 1. The number of rotatable bonds is 3. The van der Waals surface area contributed by atoms with Crippen LogP contribution in [-0.2, 0) is 9.53 Å². The zero-order valence-corrected chi connectivity index (χ0v) is 9.70. The minimum atomic E-state index is -1.48. The maximum atomic E-state index is 11.4. The van der Waals surface area contributed by atoms with Gasteiger partial charge >= 0.3 is 0 Å². The predicted molar refractivity (Wildman–Crippen MR) is 56.5 cm³/mol. The molecule has 99 valence electrons. The molecular weight excluding hydrogens is 230 g/mol. The Hall–Kier alpha value is -0.730. The van der Waals surface area contributed by atoms with Crippen LogP contribution in [0.25, 0.3) is 0 Å². The summed E-state index contributed by atoms with van der Waals surface area (Å²) < 4.78 is 4.88. The van der Waals surface area contributed by atoms with Gasteiger partial charge in [-0.25, -0.2) is 0 Å². The fourth-order valence-corrected chi connectivity index (χ4v) is 1.55. The Morgan fingerprint density at radius 1 is 1.24 bits per heavy atom. The second-order valence-electron chi connectivity index (χ2n) is 4.23. The monoisotopic (exact) mass is 248 g/mol. The first-order chi connectivity index (χ1) is 7.88. The highest BCUT2D eigenvalue weighted by Gasteiger charge is 2.44. The summed E-state index contributed by atoms with van der Waals surface area (Å²) in [5.41, 5.74) is 0. The Balaban J connectivity index is 2.69. The fraction of sp³-hybridized carbons (Fsp3) is 0.800. The molecule has 0 spiro atoms. The van der Waals surface area contributed by atoms with Gasteiger partial charge in [-0.05, 0) is 0 Å². The van der Waals surface area contributed by atoms with Crippen LogP contribution in [0.5, 0.6) is 0 Å². The Morgan fingerprint density at radius 3 is 2.29 bits per heavy atom. The summed E-state index contributed by atoms with van der Waals surface area (Å²) in [6, 6.07) is -1.13. The molecule has 0 saturated carbocycles. The molecule has 7 heteroatoms. The Kier molecular flexibility index (Phi) is 4.84. The molecule has 7 nitrogen and oxygen atoms in total. The lowest BCUT2D eigenvalue weighted by Crippen LogP contribution is -2.64. The van der Waals surface area contributed by atoms with Gasteiger partial charge in [0.1, 0.15) is 24.4 Å². The lowest BCUT2D eigenvalue weighted by molar-refractivity contribution is -0.253. The molecule has 0 aliphatic carbocycles. The third kappa shape index (κ3) is 3.14. The number of carbonyl (C=O) groups excluding carboxylic acids is 1. The first-order valence-corrected chi connectivity index (χ1v) is 5.30. The van der Waals surface area contributed by atoms with Gasteiger partial charge in [0.2, 0.25) is 5.91 Å². The van der Waals surface area contributed by atoms with Crippen molar-refractivity contribution in [2.75, 3.05) is 6.61 Å². The highest BCUT2D eigenvalue weighted by Crippen LogP contribution is 2.20. The zero-order chi connectivity index (χ0) is 13.2. The van der Waals surface area contributed by atoms with E-state index in [1.165, 1.54) is 0 Å². The molecule has 5 N–H and O–H groups in total. The summed E-state index contributed by atoms with van der Waals surface area (Å²) >= 11 is 0. The van der Waals surface area contributed by atoms with E-state index in [0.717, 1.165) is 0 Å². The van der Waals surface area contributed by atoms with Crippen LogP contribution in [0.3, 0.4) is 0 Å². The van der Waals surface area contributed by atoms with Crippen LogP contribution < -0.4 is 5.32 Å². The molecule has 5 unspecified atom stereocenters. The zero-order valence-electron chi connectivity index (χ0n) is 9.70. The van der Waals surface area contributed by atoms with E-state index in [1.54, 1.807) is 13.8 Å². The molecule has 0 bridgehead atoms. The van der Waals surface area contributed by atoms with Crippen LogP contribution in [0.15, 0.2) is 0 Å². The summed E-state index contributed by atoms with van der Waals surface area (Å²) in [4.78, 5) is 11.4. The number of aliphatic hydroxyl groups excluding tert-OH is 4. The molecule has 1 amide bonds. The van der Waals surface area contributed by atoms with Crippen molar-refractivity contribution < 1.29 is 30.0 Å². The van der Waals surface area contributed by atoms with Gasteiger partial charge in [-0.15, -0.1) is 0 Å². The van der Waals surface area contributed by atoms with Crippen LogP contribution in [0.1, 0.15) is 13.8 Å². The second-order valence-corrected chi connectivity index (χ2v) is 4.23. The van der Waals surface area contributed by atoms with Gasteiger partial charge in [-0.1, -0.05) is 13.8 Å². The molecule has 0 aromatic heterocycles. The van der Waals surface area contributed by atoms with Crippen LogP contribution in [0.2, 0.25) is 0 Å². The molecular formula is C10H18NO6. The highest BCUT2D eigenvalue weighted by molar-refractivity contribution is 5.89. The smallest absolute Gasteiger partial charge is 0.227 e. The van der Waals surface area contributed by atoms with E-state index < -0.39 is 43.2 Å². The van der Waals surface area contributed by atoms with Crippen molar-refractivity contribution in [3.05, 3.63) is 5.92 Å². The molecule has 5 atom stereocenters. The molecule has 1 rings (SSSR count). The molecule has 0 aromatic rings. The quantitative estimate of drug-likeness (QED) is 0.377. The van der Waals surface area contributed by atoms with Crippen LogP contribution in [-0.4, -0.2) is 63.6 Å². The molecule has 0 aromatic carbocycles. The van der Waals surface area contributed by atoms with Crippen molar-refractivity contribution in [3.8, 4) is 0 Å². The first-order valence-electron chi connectivity index (χ1n) is 5.30. The van der Waals surface area contributed by atoms with Gasteiger partial charge < -0.3 is 30.5 Å². The van der Waals surface area contributed by atoms with Crippen molar-refractivity contribution in [2.24, 2.45) is 0 Å². The third-order valence-corrected chi connectivity index (χ3v) is 2.65. The van der Waals surface area contributed by atoms with E-state index in [1.807, 2.05) is 0 Å².